The Morgan fingerprint density at radius 2 is 1.82 bits per heavy atom. The Kier molecular flexibility index (Phi) is 3.79. The second-order valence-corrected chi connectivity index (χ2v) is 6.21. The molecule has 0 fully saturated rings. The Balaban J connectivity index is 2.42. The standard InChI is InChI=1S/C13H13Cl2NS/c1-7-3-4-9(14)6-10(7)12(16)11-5-8(2)13(15)17-11/h3-6,12H,16H2,1-2H3. The van der Waals surface area contributed by atoms with Gasteiger partial charge in [-0.2, -0.15) is 0 Å². The minimum absolute atomic E-state index is 0.162. The van der Waals surface area contributed by atoms with Crippen molar-refractivity contribution in [3.05, 3.63) is 55.2 Å². The fourth-order valence-corrected chi connectivity index (χ4v) is 3.16. The highest BCUT2D eigenvalue weighted by Gasteiger charge is 2.15. The van der Waals surface area contributed by atoms with E-state index in [4.69, 9.17) is 28.9 Å². The van der Waals surface area contributed by atoms with Crippen LogP contribution in [0.4, 0.5) is 0 Å². The molecular formula is C13H13Cl2NS. The van der Waals surface area contributed by atoms with Crippen molar-refractivity contribution in [1.29, 1.82) is 0 Å². The third-order valence-electron chi connectivity index (χ3n) is 2.76. The van der Waals surface area contributed by atoms with Gasteiger partial charge in [-0.05, 0) is 48.7 Å². The van der Waals surface area contributed by atoms with E-state index in [9.17, 15) is 0 Å². The quantitative estimate of drug-likeness (QED) is 0.849. The Hall–Kier alpha value is -0.540. The smallest absolute Gasteiger partial charge is 0.0961 e. The van der Waals surface area contributed by atoms with Crippen LogP contribution in [0, 0.1) is 13.8 Å². The first-order valence-electron chi connectivity index (χ1n) is 5.26. The van der Waals surface area contributed by atoms with Crippen LogP contribution in [0.5, 0.6) is 0 Å². The summed E-state index contributed by atoms with van der Waals surface area (Å²) >= 11 is 13.6. The van der Waals surface area contributed by atoms with E-state index >= 15 is 0 Å². The summed E-state index contributed by atoms with van der Waals surface area (Å²) < 4.78 is 0.801. The summed E-state index contributed by atoms with van der Waals surface area (Å²) in [7, 11) is 0. The Morgan fingerprint density at radius 3 is 2.41 bits per heavy atom. The Labute approximate surface area is 115 Å². The molecule has 0 spiro atoms. The van der Waals surface area contributed by atoms with Gasteiger partial charge in [0, 0.05) is 9.90 Å². The molecule has 0 saturated carbocycles. The fourth-order valence-electron chi connectivity index (χ4n) is 1.74. The van der Waals surface area contributed by atoms with Crippen molar-refractivity contribution < 1.29 is 0 Å². The number of hydrogen-bond donors (Lipinski definition) is 1. The van der Waals surface area contributed by atoms with Crippen molar-refractivity contribution >= 4 is 34.5 Å². The molecule has 0 bridgehead atoms. The highest BCUT2D eigenvalue weighted by Crippen LogP contribution is 2.34. The predicted octanol–water partition coefficient (Wildman–Crippen LogP) is 4.72. The van der Waals surface area contributed by atoms with E-state index in [1.807, 2.05) is 38.1 Å². The molecule has 2 rings (SSSR count). The van der Waals surface area contributed by atoms with Crippen LogP contribution in [-0.2, 0) is 0 Å². The summed E-state index contributed by atoms with van der Waals surface area (Å²) in [5.74, 6) is 0. The predicted molar refractivity (Wildman–Crippen MR) is 76.3 cm³/mol. The van der Waals surface area contributed by atoms with E-state index in [0.717, 1.165) is 25.9 Å². The second-order valence-electron chi connectivity index (χ2n) is 4.08. The third-order valence-corrected chi connectivity index (χ3v) is 4.63. The molecule has 2 N–H and O–H groups in total. The SMILES string of the molecule is Cc1ccc(Cl)cc1C(N)c1cc(C)c(Cl)s1. The molecule has 17 heavy (non-hydrogen) atoms. The lowest BCUT2D eigenvalue weighted by atomic mass is 10.0. The number of aryl methyl sites for hydroxylation is 2. The van der Waals surface area contributed by atoms with E-state index in [1.54, 1.807) is 0 Å². The topological polar surface area (TPSA) is 26.0 Å². The fraction of sp³-hybridized carbons (Fsp3) is 0.231. The number of thiophene rings is 1. The molecular weight excluding hydrogens is 273 g/mol. The molecule has 1 heterocycles. The van der Waals surface area contributed by atoms with Crippen LogP contribution in [-0.4, -0.2) is 0 Å². The van der Waals surface area contributed by atoms with Crippen LogP contribution in [0.3, 0.4) is 0 Å². The Bertz CT molecular complexity index is 529. The zero-order valence-corrected chi connectivity index (χ0v) is 12.0. The third kappa shape index (κ3) is 2.66. The highest BCUT2D eigenvalue weighted by molar-refractivity contribution is 7.16. The average Bonchev–Trinajstić information content (AvgIpc) is 2.62. The van der Waals surface area contributed by atoms with Gasteiger partial charge in [-0.1, -0.05) is 29.3 Å². The first-order valence-corrected chi connectivity index (χ1v) is 6.83. The number of rotatable bonds is 2. The summed E-state index contributed by atoms with van der Waals surface area (Å²) in [4.78, 5) is 1.07. The van der Waals surface area contributed by atoms with Gasteiger partial charge < -0.3 is 5.73 Å². The van der Waals surface area contributed by atoms with Crippen LogP contribution in [0.2, 0.25) is 9.36 Å². The molecule has 1 aromatic carbocycles. The lowest BCUT2D eigenvalue weighted by Gasteiger charge is -2.13. The van der Waals surface area contributed by atoms with E-state index < -0.39 is 0 Å². The monoisotopic (exact) mass is 285 g/mol. The van der Waals surface area contributed by atoms with Crippen molar-refractivity contribution in [2.45, 2.75) is 19.9 Å². The lowest BCUT2D eigenvalue weighted by molar-refractivity contribution is 0.882. The maximum absolute atomic E-state index is 6.26. The van der Waals surface area contributed by atoms with Gasteiger partial charge in [0.2, 0.25) is 0 Å². The lowest BCUT2D eigenvalue weighted by Crippen LogP contribution is -2.11. The minimum Gasteiger partial charge on any atom is -0.320 e. The summed E-state index contributed by atoms with van der Waals surface area (Å²) in [6.45, 7) is 4.02. The van der Waals surface area contributed by atoms with Crippen LogP contribution in [0.15, 0.2) is 24.3 Å². The molecule has 1 atom stereocenters. The molecule has 4 heteroatoms. The molecule has 0 aliphatic heterocycles. The number of halogens is 2. The average molecular weight is 286 g/mol. The van der Waals surface area contributed by atoms with Gasteiger partial charge >= 0.3 is 0 Å². The van der Waals surface area contributed by atoms with Crippen molar-refractivity contribution in [3.63, 3.8) is 0 Å². The molecule has 1 aromatic heterocycles. The largest absolute Gasteiger partial charge is 0.320 e. The Morgan fingerprint density at radius 1 is 1.12 bits per heavy atom. The summed E-state index contributed by atoms with van der Waals surface area (Å²) in [6, 6.07) is 7.66. The number of benzene rings is 1. The van der Waals surface area contributed by atoms with Gasteiger partial charge in [0.15, 0.2) is 0 Å². The summed E-state index contributed by atoms with van der Waals surface area (Å²) in [5, 5.41) is 0.709. The van der Waals surface area contributed by atoms with Crippen molar-refractivity contribution in [3.8, 4) is 0 Å². The van der Waals surface area contributed by atoms with Gasteiger partial charge in [0.25, 0.3) is 0 Å². The molecule has 0 radical (unpaired) electrons. The molecule has 2 aromatic rings. The molecule has 0 aliphatic carbocycles. The molecule has 0 aliphatic rings. The van der Waals surface area contributed by atoms with Gasteiger partial charge in [-0.25, -0.2) is 0 Å². The highest BCUT2D eigenvalue weighted by atomic mass is 35.5. The van der Waals surface area contributed by atoms with E-state index in [2.05, 4.69) is 0 Å². The molecule has 1 nitrogen and oxygen atoms in total. The molecule has 90 valence electrons. The van der Waals surface area contributed by atoms with Crippen molar-refractivity contribution in [1.82, 2.24) is 0 Å². The van der Waals surface area contributed by atoms with E-state index in [-0.39, 0.29) is 6.04 Å². The summed E-state index contributed by atoms with van der Waals surface area (Å²) in [6.07, 6.45) is 0. The minimum atomic E-state index is -0.162. The zero-order valence-electron chi connectivity index (χ0n) is 9.63. The van der Waals surface area contributed by atoms with Crippen LogP contribution in [0.1, 0.15) is 27.6 Å². The number of nitrogens with two attached hydrogens (primary N) is 1. The maximum atomic E-state index is 6.26. The second kappa shape index (κ2) is 4.99. The van der Waals surface area contributed by atoms with Crippen molar-refractivity contribution in [2.75, 3.05) is 0 Å². The van der Waals surface area contributed by atoms with Gasteiger partial charge in [0.05, 0.1) is 10.4 Å². The maximum Gasteiger partial charge on any atom is 0.0961 e. The van der Waals surface area contributed by atoms with Crippen LogP contribution in [0.25, 0.3) is 0 Å². The van der Waals surface area contributed by atoms with Crippen LogP contribution < -0.4 is 5.73 Å². The van der Waals surface area contributed by atoms with Gasteiger partial charge in [-0.3, -0.25) is 0 Å². The molecule has 0 amide bonds. The number of hydrogen-bond acceptors (Lipinski definition) is 2. The molecule has 1 unspecified atom stereocenters. The van der Waals surface area contributed by atoms with Gasteiger partial charge in [-0.15, -0.1) is 11.3 Å². The first kappa shape index (κ1) is 12.9. The molecule has 0 saturated heterocycles. The zero-order chi connectivity index (χ0) is 12.6. The summed E-state index contributed by atoms with van der Waals surface area (Å²) in [5.41, 5.74) is 9.53. The normalized spacial score (nSPS) is 12.8. The van der Waals surface area contributed by atoms with Crippen molar-refractivity contribution in [2.24, 2.45) is 5.73 Å². The van der Waals surface area contributed by atoms with E-state index in [0.29, 0.717) is 5.02 Å². The first-order chi connectivity index (χ1) is 7.99. The van der Waals surface area contributed by atoms with Gasteiger partial charge in [0.1, 0.15) is 0 Å². The van der Waals surface area contributed by atoms with Crippen LogP contribution >= 0.6 is 34.5 Å². The van der Waals surface area contributed by atoms with E-state index in [1.165, 1.54) is 11.3 Å².